The summed E-state index contributed by atoms with van der Waals surface area (Å²) < 4.78 is 14.6. The van der Waals surface area contributed by atoms with Crippen LogP contribution in [0.4, 0.5) is 15.8 Å². The Kier molecular flexibility index (Phi) is 4.17. The van der Waals surface area contributed by atoms with Crippen LogP contribution in [0.3, 0.4) is 0 Å². The molecular formula is C14H12BrFN2S. The average molecular weight is 339 g/mol. The van der Waals surface area contributed by atoms with Gasteiger partial charge >= 0.3 is 0 Å². The molecule has 5 heteroatoms. The van der Waals surface area contributed by atoms with E-state index in [0.717, 1.165) is 15.7 Å². The number of benzene rings is 2. The lowest BCUT2D eigenvalue weighted by molar-refractivity contribution is 0.627. The van der Waals surface area contributed by atoms with Crippen LogP contribution < -0.4 is 10.6 Å². The highest BCUT2D eigenvalue weighted by atomic mass is 79.9. The Labute approximate surface area is 125 Å². The van der Waals surface area contributed by atoms with Gasteiger partial charge in [0, 0.05) is 17.1 Å². The Morgan fingerprint density at radius 1 is 1.21 bits per heavy atom. The molecule has 98 valence electrons. The molecule has 0 fully saturated rings. The van der Waals surface area contributed by atoms with Gasteiger partial charge in [0.05, 0.1) is 11.4 Å². The highest BCUT2D eigenvalue weighted by Crippen LogP contribution is 2.32. The monoisotopic (exact) mass is 338 g/mol. The molecule has 0 unspecified atom stereocenters. The molecule has 0 aliphatic carbocycles. The van der Waals surface area contributed by atoms with E-state index in [0.29, 0.717) is 10.7 Å². The maximum atomic E-state index is 13.8. The number of hydrogen-bond acceptors (Lipinski definition) is 2. The minimum Gasteiger partial charge on any atom is -0.389 e. The largest absolute Gasteiger partial charge is 0.389 e. The zero-order chi connectivity index (χ0) is 14.0. The summed E-state index contributed by atoms with van der Waals surface area (Å²) in [5, 5.41) is 0. The van der Waals surface area contributed by atoms with Crippen LogP contribution in [0.2, 0.25) is 0 Å². The van der Waals surface area contributed by atoms with Crippen molar-refractivity contribution in [2.45, 2.75) is 0 Å². The van der Waals surface area contributed by atoms with Crippen LogP contribution in [-0.4, -0.2) is 12.0 Å². The predicted octanol–water partition coefficient (Wildman–Crippen LogP) is 3.99. The summed E-state index contributed by atoms with van der Waals surface area (Å²) in [5.41, 5.74) is 7.70. The summed E-state index contributed by atoms with van der Waals surface area (Å²) in [6.07, 6.45) is 0. The van der Waals surface area contributed by atoms with Gasteiger partial charge in [-0.05, 0) is 46.3 Å². The van der Waals surface area contributed by atoms with Crippen molar-refractivity contribution in [2.24, 2.45) is 5.73 Å². The third-order valence-corrected chi connectivity index (χ3v) is 3.68. The maximum absolute atomic E-state index is 13.8. The summed E-state index contributed by atoms with van der Waals surface area (Å²) in [6, 6.07) is 12.1. The molecule has 0 radical (unpaired) electrons. The summed E-state index contributed by atoms with van der Waals surface area (Å²) in [4.78, 5) is 2.10. The molecule has 0 spiro atoms. The van der Waals surface area contributed by atoms with Crippen molar-refractivity contribution in [3.63, 3.8) is 0 Å². The van der Waals surface area contributed by atoms with E-state index in [9.17, 15) is 4.39 Å². The number of nitrogens with zero attached hydrogens (tertiary/aromatic N) is 1. The van der Waals surface area contributed by atoms with Gasteiger partial charge in [0.15, 0.2) is 0 Å². The Morgan fingerprint density at radius 2 is 1.89 bits per heavy atom. The zero-order valence-electron chi connectivity index (χ0n) is 10.2. The third kappa shape index (κ3) is 2.93. The topological polar surface area (TPSA) is 29.3 Å². The first-order valence-electron chi connectivity index (χ1n) is 5.58. The Balaban J connectivity index is 2.42. The first kappa shape index (κ1) is 14.0. The molecule has 2 rings (SSSR count). The van der Waals surface area contributed by atoms with Crippen molar-refractivity contribution < 1.29 is 4.39 Å². The van der Waals surface area contributed by atoms with E-state index in [4.69, 9.17) is 18.0 Å². The first-order valence-corrected chi connectivity index (χ1v) is 6.78. The molecule has 0 aliphatic rings. The number of hydrogen-bond donors (Lipinski definition) is 1. The molecule has 2 aromatic carbocycles. The zero-order valence-corrected chi connectivity index (χ0v) is 12.6. The average Bonchev–Trinajstić information content (AvgIpc) is 2.38. The van der Waals surface area contributed by atoms with Crippen molar-refractivity contribution in [1.82, 2.24) is 0 Å². The second kappa shape index (κ2) is 5.67. The van der Waals surface area contributed by atoms with Gasteiger partial charge in [0.25, 0.3) is 0 Å². The smallest absolute Gasteiger partial charge is 0.146 e. The fourth-order valence-corrected chi connectivity index (χ4v) is 2.56. The molecule has 0 atom stereocenters. The van der Waals surface area contributed by atoms with E-state index in [1.165, 1.54) is 6.07 Å². The minimum atomic E-state index is -0.268. The molecule has 0 saturated carbocycles. The van der Waals surface area contributed by atoms with Crippen molar-refractivity contribution in [3.8, 4) is 0 Å². The standard InChI is InChI=1S/C14H12BrFN2S/c1-18(13-5-3-2-4-11(13)16)12-7-6-9(14(17)19)8-10(12)15/h2-8H,1H3,(H2,17,19). The van der Waals surface area contributed by atoms with Gasteiger partial charge in [-0.1, -0.05) is 24.4 Å². The lowest BCUT2D eigenvalue weighted by Gasteiger charge is -2.21. The highest BCUT2D eigenvalue weighted by molar-refractivity contribution is 9.10. The summed E-state index contributed by atoms with van der Waals surface area (Å²) in [7, 11) is 1.80. The number of halogens is 2. The van der Waals surface area contributed by atoms with Crippen LogP contribution >= 0.6 is 28.1 Å². The minimum absolute atomic E-state index is 0.268. The van der Waals surface area contributed by atoms with Gasteiger partial charge in [-0.25, -0.2) is 4.39 Å². The van der Waals surface area contributed by atoms with Crippen molar-refractivity contribution >= 4 is 44.5 Å². The normalized spacial score (nSPS) is 10.3. The van der Waals surface area contributed by atoms with Crippen molar-refractivity contribution in [1.29, 1.82) is 0 Å². The molecule has 19 heavy (non-hydrogen) atoms. The van der Waals surface area contributed by atoms with Crippen LogP contribution in [0.25, 0.3) is 0 Å². The maximum Gasteiger partial charge on any atom is 0.146 e. The number of rotatable bonds is 3. The van der Waals surface area contributed by atoms with Gasteiger partial charge in [0.2, 0.25) is 0 Å². The molecule has 0 heterocycles. The lowest BCUT2D eigenvalue weighted by atomic mass is 10.2. The van der Waals surface area contributed by atoms with Crippen LogP contribution in [0.5, 0.6) is 0 Å². The summed E-state index contributed by atoms with van der Waals surface area (Å²) in [5.74, 6) is -0.268. The van der Waals surface area contributed by atoms with Gasteiger partial charge in [0.1, 0.15) is 10.8 Å². The Morgan fingerprint density at radius 3 is 2.47 bits per heavy atom. The van der Waals surface area contributed by atoms with Gasteiger partial charge in [-0.15, -0.1) is 0 Å². The number of nitrogens with two attached hydrogens (primary N) is 1. The van der Waals surface area contributed by atoms with Gasteiger partial charge < -0.3 is 10.6 Å². The molecular weight excluding hydrogens is 327 g/mol. The van der Waals surface area contributed by atoms with E-state index in [-0.39, 0.29) is 5.82 Å². The summed E-state index contributed by atoms with van der Waals surface area (Å²) >= 11 is 8.39. The second-order valence-electron chi connectivity index (χ2n) is 4.04. The Hall–Kier alpha value is -1.46. The molecule has 2 aromatic rings. The first-order chi connectivity index (χ1) is 9.00. The van der Waals surface area contributed by atoms with Crippen LogP contribution in [0.15, 0.2) is 46.9 Å². The predicted molar refractivity (Wildman–Crippen MR) is 84.5 cm³/mol. The Bertz CT molecular complexity index is 631. The van der Waals surface area contributed by atoms with E-state index in [1.807, 2.05) is 18.2 Å². The van der Waals surface area contributed by atoms with Gasteiger partial charge in [-0.2, -0.15) is 0 Å². The quantitative estimate of drug-likeness (QED) is 0.858. The summed E-state index contributed by atoms with van der Waals surface area (Å²) in [6.45, 7) is 0. The third-order valence-electron chi connectivity index (χ3n) is 2.81. The van der Waals surface area contributed by atoms with E-state index >= 15 is 0 Å². The van der Waals surface area contributed by atoms with Crippen LogP contribution in [0, 0.1) is 5.82 Å². The molecule has 2 N–H and O–H groups in total. The molecule has 0 aromatic heterocycles. The van der Waals surface area contributed by atoms with Gasteiger partial charge in [-0.3, -0.25) is 0 Å². The molecule has 0 amide bonds. The number of para-hydroxylation sites is 1. The lowest BCUT2D eigenvalue weighted by Crippen LogP contribution is -2.13. The van der Waals surface area contributed by atoms with Crippen LogP contribution in [0.1, 0.15) is 5.56 Å². The highest BCUT2D eigenvalue weighted by Gasteiger charge is 2.12. The van der Waals surface area contributed by atoms with E-state index < -0.39 is 0 Å². The van der Waals surface area contributed by atoms with E-state index in [1.54, 1.807) is 30.1 Å². The molecule has 2 nitrogen and oxygen atoms in total. The fraction of sp³-hybridized carbons (Fsp3) is 0.0714. The van der Waals surface area contributed by atoms with E-state index in [2.05, 4.69) is 15.9 Å². The SMILES string of the molecule is CN(c1ccccc1F)c1ccc(C(N)=S)cc1Br. The fourth-order valence-electron chi connectivity index (χ4n) is 1.79. The van der Waals surface area contributed by atoms with Crippen molar-refractivity contribution in [3.05, 3.63) is 58.3 Å². The molecule has 0 bridgehead atoms. The molecule has 0 aliphatic heterocycles. The molecule has 0 saturated heterocycles. The second-order valence-corrected chi connectivity index (χ2v) is 5.34. The van der Waals surface area contributed by atoms with Crippen LogP contribution in [-0.2, 0) is 0 Å². The number of anilines is 2. The van der Waals surface area contributed by atoms with Crippen molar-refractivity contribution in [2.75, 3.05) is 11.9 Å². The number of thiocarbonyl (C=S) groups is 1.